The number of ether oxygens (including phenoxy) is 1. The van der Waals surface area contributed by atoms with E-state index in [0.29, 0.717) is 0 Å². The molecule has 2 amide bonds. The van der Waals surface area contributed by atoms with Gasteiger partial charge in [0.1, 0.15) is 42.0 Å². The van der Waals surface area contributed by atoms with Gasteiger partial charge in [-0.1, -0.05) is 13.8 Å². The molecule has 304 valence electrons. The second-order valence-corrected chi connectivity index (χ2v) is 16.5. The summed E-state index contributed by atoms with van der Waals surface area (Å²) < 4.78 is 61.8. The van der Waals surface area contributed by atoms with Crippen molar-refractivity contribution in [2.24, 2.45) is 5.41 Å². The van der Waals surface area contributed by atoms with Crippen molar-refractivity contribution in [1.82, 2.24) is 30.2 Å². The van der Waals surface area contributed by atoms with Gasteiger partial charge in [-0.2, -0.15) is 4.31 Å². The molecule has 0 aliphatic carbocycles. The van der Waals surface area contributed by atoms with E-state index < -0.39 is 90.5 Å². The quantitative estimate of drug-likeness (QED) is 0.0587. The normalized spacial score (nSPS) is 21.9. The van der Waals surface area contributed by atoms with Gasteiger partial charge in [0.2, 0.25) is 11.8 Å². The number of aliphatic hydroxyl groups is 2. The molecule has 0 aromatic carbocycles. The molecule has 7 atom stereocenters. The number of hydrogen-bond acceptors (Lipinski definition) is 18. The van der Waals surface area contributed by atoms with Gasteiger partial charge < -0.3 is 56.0 Å². The minimum Gasteiger partial charge on any atom is -0.481 e. The summed E-state index contributed by atoms with van der Waals surface area (Å²) in [6.07, 6.45) is -7.76. The second kappa shape index (κ2) is 18.5. The van der Waals surface area contributed by atoms with E-state index in [2.05, 4.69) is 34.4 Å². The van der Waals surface area contributed by atoms with Gasteiger partial charge >= 0.3 is 29.4 Å². The number of ketones is 1. The molecule has 11 N–H and O–H groups in total. The lowest BCUT2D eigenvalue weighted by atomic mass is 9.87. The van der Waals surface area contributed by atoms with Crippen molar-refractivity contribution in [3.63, 3.8) is 0 Å². The lowest BCUT2D eigenvalue weighted by molar-refractivity contribution is -0.138. The van der Waals surface area contributed by atoms with Crippen LogP contribution in [0.25, 0.3) is 11.2 Å². The maximum absolute atomic E-state index is 12.6. The smallest absolute Gasteiger partial charge is 0.481 e. The zero-order valence-electron chi connectivity index (χ0n) is 28.4. The van der Waals surface area contributed by atoms with Crippen molar-refractivity contribution in [3.8, 4) is 0 Å². The van der Waals surface area contributed by atoms with Gasteiger partial charge in [0.25, 0.3) is 0 Å². The van der Waals surface area contributed by atoms with Gasteiger partial charge in [0.15, 0.2) is 17.7 Å². The van der Waals surface area contributed by atoms with Gasteiger partial charge in [-0.3, -0.25) is 37.3 Å². The van der Waals surface area contributed by atoms with Crippen LogP contribution in [0.2, 0.25) is 0 Å². The molecule has 2 aromatic rings. The van der Waals surface area contributed by atoms with E-state index in [1.54, 1.807) is 0 Å². The Morgan fingerprint density at radius 2 is 1.63 bits per heavy atom. The minimum atomic E-state index is -5.59. The summed E-state index contributed by atoms with van der Waals surface area (Å²) in [4.78, 5) is 97.2. The Morgan fingerprint density at radius 1 is 0.981 bits per heavy atom. The van der Waals surface area contributed by atoms with Crippen LogP contribution in [-0.4, -0.2) is 129 Å². The van der Waals surface area contributed by atoms with Crippen LogP contribution in [0.5, 0.6) is 0 Å². The van der Waals surface area contributed by atoms with E-state index in [1.165, 1.54) is 13.8 Å². The molecule has 29 heteroatoms. The number of nitrogens with one attached hydrogen (secondary N) is 2. The topological polar surface area (TPSA) is 401 Å². The molecule has 0 saturated carbocycles. The average Bonchev–Trinajstić information content (AvgIpc) is 3.61. The van der Waals surface area contributed by atoms with Crippen molar-refractivity contribution in [3.05, 3.63) is 12.7 Å². The molecule has 1 aliphatic rings. The van der Waals surface area contributed by atoms with Crippen LogP contribution in [0.1, 0.15) is 45.8 Å². The third-order valence-electron chi connectivity index (χ3n) is 7.42. The lowest BCUT2D eigenvalue weighted by Gasteiger charge is -2.30. The SMILES string of the molecule is CC(C)(COP(=O)(O)OP(=O)(O)OCC1OC(n2cnc3c(N)ncnc32)C(O)C1OP(=O)(O)O)C(O)C(=O)NCCC(=O)NCCC(=O)CCC(=O)O. The van der Waals surface area contributed by atoms with Crippen LogP contribution < -0.4 is 16.4 Å². The summed E-state index contributed by atoms with van der Waals surface area (Å²) in [7, 11) is -16.4. The fraction of sp³-hybridized carbons (Fsp3) is 0.640. The molecule has 0 radical (unpaired) electrons. The number of anilines is 1. The Labute approximate surface area is 304 Å². The molecule has 1 fully saturated rings. The zero-order chi connectivity index (χ0) is 40.6. The minimum absolute atomic E-state index is 0.0184. The van der Waals surface area contributed by atoms with E-state index in [9.17, 15) is 62.7 Å². The van der Waals surface area contributed by atoms with Crippen molar-refractivity contribution in [2.75, 3.05) is 32.0 Å². The van der Waals surface area contributed by atoms with Crippen LogP contribution in [0, 0.1) is 5.41 Å². The summed E-state index contributed by atoms with van der Waals surface area (Å²) in [6.45, 7) is 0.0183. The number of carbonyl (C=O) groups excluding carboxylic acids is 3. The average molecular weight is 836 g/mol. The fourth-order valence-corrected chi connectivity index (χ4v) is 7.48. The largest absolute Gasteiger partial charge is 0.481 e. The Balaban J connectivity index is 1.51. The Bertz CT molecular complexity index is 1820. The predicted molar refractivity (Wildman–Crippen MR) is 176 cm³/mol. The Kier molecular flexibility index (Phi) is 15.5. The number of nitrogens with two attached hydrogens (primary N) is 1. The first-order valence-electron chi connectivity index (χ1n) is 15.5. The maximum atomic E-state index is 12.6. The number of aliphatic carboxylic acids is 1. The molecule has 54 heavy (non-hydrogen) atoms. The highest BCUT2D eigenvalue weighted by atomic mass is 31.3. The second-order valence-electron chi connectivity index (χ2n) is 12.3. The van der Waals surface area contributed by atoms with Crippen LogP contribution in [-0.2, 0) is 55.5 Å². The summed E-state index contributed by atoms with van der Waals surface area (Å²) in [5.74, 6) is -3.16. The molecule has 3 heterocycles. The first-order valence-corrected chi connectivity index (χ1v) is 20.1. The van der Waals surface area contributed by atoms with E-state index in [0.717, 1.165) is 17.2 Å². The molecule has 7 unspecified atom stereocenters. The number of rotatable bonds is 22. The van der Waals surface area contributed by atoms with Gasteiger partial charge in [-0.15, -0.1) is 0 Å². The van der Waals surface area contributed by atoms with Crippen LogP contribution >= 0.6 is 23.5 Å². The highest BCUT2D eigenvalue weighted by molar-refractivity contribution is 7.61. The number of nitrogens with zero attached hydrogens (tertiary/aromatic N) is 4. The Hall–Kier alpha value is -3.32. The number of carbonyl (C=O) groups is 4. The molecule has 1 aliphatic heterocycles. The standard InChI is InChI=1S/C25H40N7O19P3/c1-25(2,20(38)23(39)28-8-6-15(34)27-7-5-13(33)3-4-16(35)36)10-48-54(45,46)51-53(43,44)47-9-14-19(50-52(40,41)42)18(37)24(49-14)32-12-31-17-21(26)29-11-30-22(17)32/h11-12,14,18-20,24,37-38H,3-10H2,1-2H3,(H,27,34)(H,28,39)(H,35,36)(H,43,44)(H,45,46)(H2,26,29,30)(H2,40,41,42). The predicted octanol–water partition coefficient (Wildman–Crippen LogP) is -1.77. The molecule has 0 bridgehead atoms. The first kappa shape index (κ1) is 45.1. The molecule has 1 saturated heterocycles. The summed E-state index contributed by atoms with van der Waals surface area (Å²) in [6, 6.07) is 0. The molecule has 0 spiro atoms. The first-order chi connectivity index (χ1) is 24.9. The number of amides is 2. The van der Waals surface area contributed by atoms with Crippen molar-refractivity contribution in [2.45, 2.75) is 70.2 Å². The zero-order valence-corrected chi connectivity index (χ0v) is 31.1. The number of aromatic nitrogens is 4. The van der Waals surface area contributed by atoms with Crippen LogP contribution in [0.3, 0.4) is 0 Å². The van der Waals surface area contributed by atoms with Crippen LogP contribution in [0.15, 0.2) is 12.7 Å². The number of aliphatic hydroxyl groups excluding tert-OH is 2. The van der Waals surface area contributed by atoms with Crippen LogP contribution in [0.4, 0.5) is 5.82 Å². The van der Waals surface area contributed by atoms with E-state index in [4.69, 9.17) is 24.6 Å². The Morgan fingerprint density at radius 3 is 2.28 bits per heavy atom. The van der Waals surface area contributed by atoms with Gasteiger partial charge in [-0.05, 0) is 0 Å². The van der Waals surface area contributed by atoms with E-state index >= 15 is 0 Å². The van der Waals surface area contributed by atoms with Gasteiger partial charge in [0.05, 0.1) is 26.0 Å². The monoisotopic (exact) mass is 835 g/mol. The van der Waals surface area contributed by atoms with Gasteiger partial charge in [0, 0.05) is 37.8 Å². The molecule has 2 aromatic heterocycles. The number of phosphoric ester groups is 3. The summed E-state index contributed by atoms with van der Waals surface area (Å²) in [5.41, 5.74) is 4.19. The van der Waals surface area contributed by atoms with E-state index in [-0.39, 0.29) is 61.5 Å². The number of fused-ring (bicyclic) bond motifs is 1. The number of carboxylic acid groups (broad SMARTS) is 1. The number of hydrogen-bond donors (Lipinski definition) is 10. The van der Waals surface area contributed by atoms with Crippen molar-refractivity contribution >= 4 is 64.0 Å². The number of imidazole rings is 1. The number of carboxylic acids is 1. The fourth-order valence-electron chi connectivity index (χ4n) is 4.65. The molecule has 26 nitrogen and oxygen atoms in total. The molecule has 3 rings (SSSR count). The van der Waals surface area contributed by atoms with Gasteiger partial charge in [-0.25, -0.2) is 28.6 Å². The molecular weight excluding hydrogens is 795 g/mol. The number of Topliss-reactive ketones (excluding diaryl/α,β-unsaturated/α-hetero) is 1. The molecular formula is C25H40N7O19P3. The third kappa shape index (κ3) is 13.5. The third-order valence-corrected chi connectivity index (χ3v) is 10.5. The highest BCUT2D eigenvalue weighted by Gasteiger charge is 2.50. The number of phosphoric acid groups is 3. The maximum Gasteiger partial charge on any atom is 0.481 e. The summed E-state index contributed by atoms with van der Waals surface area (Å²) in [5, 5.41) is 34.6. The number of nitrogen functional groups attached to an aromatic ring is 1. The summed E-state index contributed by atoms with van der Waals surface area (Å²) >= 11 is 0. The van der Waals surface area contributed by atoms with E-state index in [1.807, 2.05) is 0 Å². The van der Waals surface area contributed by atoms with Crippen molar-refractivity contribution in [1.29, 1.82) is 0 Å². The highest BCUT2D eigenvalue weighted by Crippen LogP contribution is 2.61. The van der Waals surface area contributed by atoms with Crippen molar-refractivity contribution < 1.29 is 90.4 Å². The lowest BCUT2D eigenvalue weighted by Crippen LogP contribution is -2.46.